The van der Waals surface area contributed by atoms with Gasteiger partial charge in [-0.25, -0.2) is 4.98 Å². The van der Waals surface area contributed by atoms with Crippen molar-refractivity contribution in [2.45, 2.75) is 49.3 Å². The summed E-state index contributed by atoms with van der Waals surface area (Å²) < 4.78 is 0. The van der Waals surface area contributed by atoms with Crippen LogP contribution in [0.1, 0.15) is 31.4 Å². The van der Waals surface area contributed by atoms with Crippen molar-refractivity contribution in [3.63, 3.8) is 0 Å². The molecule has 0 amide bonds. The van der Waals surface area contributed by atoms with Crippen molar-refractivity contribution in [2.24, 2.45) is 5.73 Å². The van der Waals surface area contributed by atoms with Crippen molar-refractivity contribution in [1.29, 1.82) is 0 Å². The maximum Gasteiger partial charge on any atom is 0.119 e. The summed E-state index contributed by atoms with van der Waals surface area (Å²) in [7, 11) is 0. The Labute approximate surface area is 107 Å². The number of nitrogens with zero attached hydrogens (tertiary/aromatic N) is 2. The Hall–Kier alpha value is -0.650. The van der Waals surface area contributed by atoms with Crippen LogP contribution in [0, 0.1) is 0 Å². The molecule has 1 aliphatic carbocycles. The van der Waals surface area contributed by atoms with E-state index in [9.17, 15) is 0 Å². The van der Waals surface area contributed by atoms with Crippen LogP contribution in [0.2, 0.25) is 0 Å². The Morgan fingerprint density at radius 3 is 2.88 bits per heavy atom. The van der Waals surface area contributed by atoms with Crippen LogP contribution in [0.25, 0.3) is 0 Å². The van der Waals surface area contributed by atoms with E-state index in [1.54, 1.807) is 24.2 Å². The topological polar surface area (TPSA) is 63.8 Å². The van der Waals surface area contributed by atoms with Crippen molar-refractivity contribution in [3.8, 4) is 0 Å². The monoisotopic (exact) mass is 252 g/mol. The van der Waals surface area contributed by atoms with E-state index in [2.05, 4.69) is 15.3 Å². The van der Waals surface area contributed by atoms with Crippen LogP contribution in [-0.2, 0) is 6.54 Å². The van der Waals surface area contributed by atoms with Gasteiger partial charge in [0.1, 0.15) is 5.03 Å². The molecule has 0 spiro atoms. The second kappa shape index (κ2) is 6.33. The van der Waals surface area contributed by atoms with E-state index in [0.29, 0.717) is 6.04 Å². The summed E-state index contributed by atoms with van der Waals surface area (Å²) in [6, 6.07) is 0.721. The molecule has 5 heteroatoms. The second-order valence-corrected chi connectivity index (χ2v) is 5.24. The molecule has 0 bridgehead atoms. The maximum atomic E-state index is 6.11. The molecular weight excluding hydrogens is 232 g/mol. The molecule has 1 aromatic heterocycles. The minimum absolute atomic E-state index is 0.290. The lowest BCUT2D eigenvalue weighted by Gasteiger charge is -2.29. The molecule has 17 heavy (non-hydrogen) atoms. The SMILES string of the molecule is CSc1nccnc1CN[C@H]1CCCC[C@H]1N. The van der Waals surface area contributed by atoms with Crippen molar-refractivity contribution in [1.82, 2.24) is 15.3 Å². The van der Waals surface area contributed by atoms with Crippen molar-refractivity contribution in [3.05, 3.63) is 18.1 Å². The van der Waals surface area contributed by atoms with Gasteiger partial charge in [-0.05, 0) is 19.1 Å². The van der Waals surface area contributed by atoms with Crippen molar-refractivity contribution >= 4 is 11.8 Å². The Bertz CT molecular complexity index is 358. The van der Waals surface area contributed by atoms with E-state index in [1.807, 2.05) is 6.26 Å². The first kappa shape index (κ1) is 12.8. The minimum atomic E-state index is 0.290. The third-order valence-electron chi connectivity index (χ3n) is 3.28. The smallest absolute Gasteiger partial charge is 0.119 e. The minimum Gasteiger partial charge on any atom is -0.326 e. The van der Waals surface area contributed by atoms with E-state index < -0.39 is 0 Å². The first-order chi connectivity index (χ1) is 8.31. The van der Waals surface area contributed by atoms with E-state index in [1.165, 1.54) is 19.3 Å². The number of thioether (sulfide) groups is 1. The predicted octanol–water partition coefficient (Wildman–Crippen LogP) is 1.56. The molecule has 2 rings (SSSR count). The Morgan fingerprint density at radius 1 is 1.35 bits per heavy atom. The van der Waals surface area contributed by atoms with Gasteiger partial charge in [-0.2, -0.15) is 0 Å². The lowest BCUT2D eigenvalue weighted by molar-refractivity contribution is 0.324. The zero-order chi connectivity index (χ0) is 12.1. The van der Waals surface area contributed by atoms with Crippen LogP contribution in [0.5, 0.6) is 0 Å². The van der Waals surface area contributed by atoms with Crippen molar-refractivity contribution in [2.75, 3.05) is 6.26 Å². The molecule has 0 radical (unpaired) electrons. The molecule has 1 heterocycles. The summed E-state index contributed by atoms with van der Waals surface area (Å²) in [4.78, 5) is 8.68. The highest BCUT2D eigenvalue weighted by Crippen LogP contribution is 2.18. The zero-order valence-electron chi connectivity index (χ0n) is 10.2. The summed E-state index contributed by atoms with van der Waals surface area (Å²) in [5.41, 5.74) is 7.14. The summed E-state index contributed by atoms with van der Waals surface area (Å²) >= 11 is 1.64. The molecule has 94 valence electrons. The number of aromatic nitrogens is 2. The summed E-state index contributed by atoms with van der Waals surface area (Å²) in [5, 5.41) is 4.53. The molecule has 1 aliphatic rings. The average Bonchev–Trinajstić information content (AvgIpc) is 2.38. The highest BCUT2D eigenvalue weighted by molar-refractivity contribution is 7.98. The lowest BCUT2D eigenvalue weighted by atomic mass is 9.91. The predicted molar refractivity (Wildman–Crippen MR) is 70.9 cm³/mol. The van der Waals surface area contributed by atoms with E-state index in [4.69, 9.17) is 5.73 Å². The summed E-state index contributed by atoms with van der Waals surface area (Å²) in [6.45, 7) is 0.766. The van der Waals surface area contributed by atoms with Gasteiger partial charge in [0.2, 0.25) is 0 Å². The van der Waals surface area contributed by atoms with Gasteiger partial charge in [-0.15, -0.1) is 11.8 Å². The summed E-state index contributed by atoms with van der Waals surface area (Å²) in [5.74, 6) is 0. The average molecular weight is 252 g/mol. The molecule has 1 saturated carbocycles. The third kappa shape index (κ3) is 3.40. The highest BCUT2D eigenvalue weighted by Gasteiger charge is 2.21. The number of nitrogens with one attached hydrogen (secondary N) is 1. The molecule has 0 aliphatic heterocycles. The second-order valence-electron chi connectivity index (χ2n) is 4.45. The highest BCUT2D eigenvalue weighted by atomic mass is 32.2. The van der Waals surface area contributed by atoms with Gasteiger partial charge < -0.3 is 11.1 Å². The van der Waals surface area contributed by atoms with Gasteiger partial charge in [0.25, 0.3) is 0 Å². The number of hydrogen-bond acceptors (Lipinski definition) is 5. The molecule has 2 atom stereocenters. The Balaban J connectivity index is 1.92. The van der Waals surface area contributed by atoms with Gasteiger partial charge in [0.05, 0.1) is 5.69 Å². The molecule has 1 fully saturated rings. The molecule has 1 aromatic rings. The van der Waals surface area contributed by atoms with Crippen LogP contribution in [-0.4, -0.2) is 28.3 Å². The fourth-order valence-electron chi connectivity index (χ4n) is 2.29. The van der Waals surface area contributed by atoms with E-state index >= 15 is 0 Å². The van der Waals surface area contributed by atoms with Gasteiger partial charge in [0, 0.05) is 31.0 Å². The van der Waals surface area contributed by atoms with Gasteiger partial charge in [-0.1, -0.05) is 12.8 Å². The first-order valence-corrected chi connectivity index (χ1v) is 7.36. The largest absolute Gasteiger partial charge is 0.326 e. The number of nitrogens with two attached hydrogens (primary N) is 1. The van der Waals surface area contributed by atoms with Crippen LogP contribution in [0.15, 0.2) is 17.4 Å². The molecule has 4 nitrogen and oxygen atoms in total. The zero-order valence-corrected chi connectivity index (χ0v) is 11.0. The van der Waals surface area contributed by atoms with E-state index in [0.717, 1.165) is 23.7 Å². The van der Waals surface area contributed by atoms with Gasteiger partial charge >= 0.3 is 0 Å². The molecular formula is C12H20N4S. The molecule has 0 saturated heterocycles. The third-order valence-corrected chi connectivity index (χ3v) is 4.01. The normalized spacial score (nSPS) is 24.8. The fraction of sp³-hybridized carbons (Fsp3) is 0.667. The number of hydrogen-bond donors (Lipinski definition) is 2. The summed E-state index contributed by atoms with van der Waals surface area (Å²) in [6.07, 6.45) is 10.4. The van der Waals surface area contributed by atoms with Gasteiger partial charge in [0.15, 0.2) is 0 Å². The standard InChI is InChI=1S/C12H20N4S/c1-17-12-11(14-6-7-15-12)8-16-10-5-3-2-4-9(10)13/h6-7,9-10,16H,2-5,8,13H2,1H3/t9-,10+/m1/s1. The lowest BCUT2D eigenvalue weighted by Crippen LogP contribution is -2.46. The molecule has 3 N–H and O–H groups in total. The van der Waals surface area contributed by atoms with Crippen LogP contribution in [0.4, 0.5) is 0 Å². The first-order valence-electron chi connectivity index (χ1n) is 6.14. The quantitative estimate of drug-likeness (QED) is 0.796. The fourth-order valence-corrected chi connectivity index (χ4v) is 2.81. The molecule has 0 aromatic carbocycles. The van der Waals surface area contributed by atoms with Crippen LogP contribution in [0.3, 0.4) is 0 Å². The van der Waals surface area contributed by atoms with Gasteiger partial charge in [-0.3, -0.25) is 4.98 Å². The van der Waals surface area contributed by atoms with Crippen molar-refractivity contribution < 1.29 is 0 Å². The molecule has 0 unspecified atom stereocenters. The number of rotatable bonds is 4. The van der Waals surface area contributed by atoms with Crippen LogP contribution < -0.4 is 11.1 Å². The Morgan fingerprint density at radius 2 is 2.12 bits per heavy atom. The van der Waals surface area contributed by atoms with E-state index in [-0.39, 0.29) is 6.04 Å². The maximum absolute atomic E-state index is 6.11. The van der Waals surface area contributed by atoms with Crippen LogP contribution >= 0.6 is 11.8 Å². The Kier molecular flexibility index (Phi) is 4.76.